The van der Waals surface area contributed by atoms with Crippen molar-refractivity contribution in [1.82, 2.24) is 5.32 Å². The Hall–Kier alpha value is -0.610. The zero-order valence-corrected chi connectivity index (χ0v) is 6.63. The molecule has 0 aromatic heterocycles. The van der Waals surface area contributed by atoms with Crippen molar-refractivity contribution < 1.29 is 9.90 Å². The molecule has 1 fully saturated rings. The van der Waals surface area contributed by atoms with Crippen molar-refractivity contribution in [3.05, 3.63) is 0 Å². The van der Waals surface area contributed by atoms with Gasteiger partial charge in [0, 0.05) is 6.54 Å². The van der Waals surface area contributed by atoms with Crippen molar-refractivity contribution in [2.75, 3.05) is 6.54 Å². The summed E-state index contributed by atoms with van der Waals surface area (Å²) in [4.78, 5) is 11.1. The van der Waals surface area contributed by atoms with Crippen molar-refractivity contribution in [1.29, 1.82) is 0 Å². The molecule has 0 bridgehead atoms. The smallest absolute Gasteiger partial charge is 0.240 e. The third-order valence-corrected chi connectivity index (χ3v) is 1.80. The standard InChI is InChI=1S/C7H14N2O2/c1-5(10)4-9-6(11)7(8)2-3-7/h5,10H,2-4,8H2,1H3,(H,9,11)/t5-/m1/s1. The number of rotatable bonds is 3. The summed E-state index contributed by atoms with van der Waals surface area (Å²) in [6, 6.07) is 0. The summed E-state index contributed by atoms with van der Waals surface area (Å²) in [6.07, 6.45) is 1.03. The molecule has 4 N–H and O–H groups in total. The van der Waals surface area contributed by atoms with Crippen LogP contribution in [0.4, 0.5) is 0 Å². The summed E-state index contributed by atoms with van der Waals surface area (Å²) in [5.74, 6) is -0.140. The van der Waals surface area contributed by atoms with E-state index >= 15 is 0 Å². The van der Waals surface area contributed by atoms with E-state index in [1.807, 2.05) is 0 Å². The van der Waals surface area contributed by atoms with E-state index < -0.39 is 11.6 Å². The van der Waals surface area contributed by atoms with Crippen LogP contribution < -0.4 is 11.1 Å². The third kappa shape index (κ3) is 2.17. The molecule has 0 saturated heterocycles. The van der Waals surface area contributed by atoms with Gasteiger partial charge in [0.25, 0.3) is 0 Å². The van der Waals surface area contributed by atoms with Gasteiger partial charge in [-0.2, -0.15) is 0 Å². The monoisotopic (exact) mass is 158 g/mol. The molecule has 0 radical (unpaired) electrons. The first-order chi connectivity index (χ1) is 5.04. The fourth-order valence-corrected chi connectivity index (χ4v) is 0.778. The van der Waals surface area contributed by atoms with E-state index in [9.17, 15) is 4.79 Å². The maximum Gasteiger partial charge on any atom is 0.240 e. The number of aliphatic hydroxyl groups is 1. The highest BCUT2D eigenvalue weighted by Crippen LogP contribution is 2.31. The van der Waals surface area contributed by atoms with Crippen LogP contribution in [0.5, 0.6) is 0 Å². The minimum absolute atomic E-state index is 0.140. The SMILES string of the molecule is C[C@@H](O)CNC(=O)C1(N)CC1. The third-order valence-electron chi connectivity index (χ3n) is 1.80. The van der Waals surface area contributed by atoms with Crippen molar-refractivity contribution >= 4 is 5.91 Å². The van der Waals surface area contributed by atoms with Crippen molar-refractivity contribution in [3.63, 3.8) is 0 Å². The average Bonchev–Trinajstić information content (AvgIpc) is 2.64. The van der Waals surface area contributed by atoms with Crippen molar-refractivity contribution in [2.24, 2.45) is 5.73 Å². The van der Waals surface area contributed by atoms with E-state index in [2.05, 4.69) is 5.32 Å². The second-order valence-corrected chi connectivity index (χ2v) is 3.22. The number of amides is 1. The Balaban J connectivity index is 2.22. The summed E-state index contributed by atoms with van der Waals surface area (Å²) in [7, 11) is 0. The van der Waals surface area contributed by atoms with Crippen molar-refractivity contribution in [3.8, 4) is 0 Å². The van der Waals surface area contributed by atoms with Gasteiger partial charge in [-0.3, -0.25) is 4.79 Å². The zero-order chi connectivity index (χ0) is 8.48. The molecule has 1 aliphatic rings. The molecule has 1 aliphatic carbocycles. The molecule has 4 heteroatoms. The Bertz CT molecular complexity index is 164. The molecule has 0 aromatic carbocycles. The Labute approximate surface area is 65.8 Å². The number of carbonyl (C=O) groups is 1. The van der Waals surface area contributed by atoms with Gasteiger partial charge in [-0.25, -0.2) is 0 Å². The lowest BCUT2D eigenvalue weighted by Gasteiger charge is -2.10. The number of nitrogens with two attached hydrogens (primary N) is 1. The van der Waals surface area contributed by atoms with Gasteiger partial charge in [-0.15, -0.1) is 0 Å². The van der Waals surface area contributed by atoms with Gasteiger partial charge in [-0.05, 0) is 19.8 Å². The molecule has 0 aliphatic heterocycles. The first-order valence-corrected chi connectivity index (χ1v) is 3.80. The molecule has 4 nitrogen and oxygen atoms in total. The minimum atomic E-state index is -0.616. The number of hydrogen-bond acceptors (Lipinski definition) is 3. The molecule has 0 heterocycles. The molecular weight excluding hydrogens is 144 g/mol. The Morgan fingerprint density at radius 2 is 2.36 bits per heavy atom. The maximum atomic E-state index is 11.1. The molecule has 0 aromatic rings. The van der Waals surface area contributed by atoms with Crippen LogP contribution in [0, 0.1) is 0 Å². The van der Waals surface area contributed by atoms with E-state index in [1.54, 1.807) is 6.92 Å². The molecule has 1 rings (SSSR count). The van der Waals surface area contributed by atoms with E-state index in [1.165, 1.54) is 0 Å². The lowest BCUT2D eigenvalue weighted by Crippen LogP contribution is -2.44. The Morgan fingerprint density at radius 1 is 1.82 bits per heavy atom. The summed E-state index contributed by atoms with van der Waals surface area (Å²) < 4.78 is 0. The normalized spacial score (nSPS) is 22.5. The number of hydrogen-bond donors (Lipinski definition) is 3. The summed E-state index contributed by atoms with van der Waals surface area (Å²) in [5, 5.41) is 11.4. The topological polar surface area (TPSA) is 75.3 Å². The highest BCUT2D eigenvalue weighted by Gasteiger charge is 2.45. The fourth-order valence-electron chi connectivity index (χ4n) is 0.778. The molecule has 64 valence electrons. The van der Waals surface area contributed by atoms with Crippen LogP contribution in [0.2, 0.25) is 0 Å². The molecule has 1 saturated carbocycles. The second-order valence-electron chi connectivity index (χ2n) is 3.22. The van der Waals surface area contributed by atoms with Crippen LogP contribution in [0.3, 0.4) is 0 Å². The van der Waals surface area contributed by atoms with Gasteiger partial charge < -0.3 is 16.2 Å². The Morgan fingerprint density at radius 3 is 2.73 bits per heavy atom. The lowest BCUT2D eigenvalue weighted by atomic mass is 10.2. The van der Waals surface area contributed by atoms with E-state index in [-0.39, 0.29) is 12.5 Å². The van der Waals surface area contributed by atoms with E-state index in [0.717, 1.165) is 12.8 Å². The van der Waals surface area contributed by atoms with Crippen LogP contribution in [-0.2, 0) is 4.79 Å². The van der Waals surface area contributed by atoms with Gasteiger partial charge >= 0.3 is 0 Å². The highest BCUT2D eigenvalue weighted by molar-refractivity contribution is 5.88. The molecule has 1 amide bonds. The fraction of sp³-hybridized carbons (Fsp3) is 0.857. The van der Waals surface area contributed by atoms with E-state index in [0.29, 0.717) is 0 Å². The van der Waals surface area contributed by atoms with Crippen LogP contribution in [0.15, 0.2) is 0 Å². The van der Waals surface area contributed by atoms with Gasteiger partial charge in [0.2, 0.25) is 5.91 Å². The molecule has 1 atom stereocenters. The van der Waals surface area contributed by atoms with Gasteiger partial charge in [0.15, 0.2) is 0 Å². The first-order valence-electron chi connectivity index (χ1n) is 3.80. The zero-order valence-electron chi connectivity index (χ0n) is 6.63. The Kier molecular flexibility index (Phi) is 2.15. The quantitative estimate of drug-likeness (QED) is 0.492. The van der Waals surface area contributed by atoms with Crippen LogP contribution in [0.25, 0.3) is 0 Å². The lowest BCUT2D eigenvalue weighted by molar-refractivity contribution is -0.123. The predicted molar refractivity (Wildman–Crippen MR) is 40.8 cm³/mol. The van der Waals surface area contributed by atoms with Gasteiger partial charge in [0.1, 0.15) is 0 Å². The predicted octanol–water partition coefficient (Wildman–Crippen LogP) is -1.03. The minimum Gasteiger partial charge on any atom is -0.392 e. The molecule has 0 spiro atoms. The summed E-state index contributed by atoms with van der Waals surface area (Å²) in [5.41, 5.74) is 4.97. The largest absolute Gasteiger partial charge is 0.392 e. The van der Waals surface area contributed by atoms with Gasteiger partial charge in [0.05, 0.1) is 11.6 Å². The average molecular weight is 158 g/mol. The molecule has 0 unspecified atom stereocenters. The van der Waals surface area contributed by atoms with Crippen LogP contribution in [-0.4, -0.2) is 29.2 Å². The highest BCUT2D eigenvalue weighted by atomic mass is 16.3. The molecule has 11 heavy (non-hydrogen) atoms. The number of aliphatic hydroxyl groups excluding tert-OH is 1. The van der Waals surface area contributed by atoms with Crippen LogP contribution >= 0.6 is 0 Å². The number of carbonyl (C=O) groups excluding carboxylic acids is 1. The van der Waals surface area contributed by atoms with Crippen LogP contribution in [0.1, 0.15) is 19.8 Å². The second kappa shape index (κ2) is 2.79. The number of nitrogens with one attached hydrogen (secondary N) is 1. The van der Waals surface area contributed by atoms with Crippen molar-refractivity contribution in [2.45, 2.75) is 31.4 Å². The summed E-state index contributed by atoms with van der Waals surface area (Å²) >= 11 is 0. The molecular formula is C7H14N2O2. The first kappa shape index (κ1) is 8.49. The van der Waals surface area contributed by atoms with E-state index in [4.69, 9.17) is 10.8 Å². The van der Waals surface area contributed by atoms with Gasteiger partial charge in [-0.1, -0.05) is 0 Å². The summed E-state index contributed by atoms with van der Waals surface area (Å²) in [6.45, 7) is 1.91. The maximum absolute atomic E-state index is 11.1.